The number of nitrogens with one attached hydrogen (secondary N) is 2. The second kappa shape index (κ2) is 7.89. The molecular weight excluding hydrogens is 388 g/mol. The molecule has 3 rings (SSSR count). The number of sulfonamides is 1. The number of aromatic nitrogens is 1. The predicted octanol–water partition coefficient (Wildman–Crippen LogP) is 4.92. The smallest absolute Gasteiger partial charge is 0.229 e. The minimum absolute atomic E-state index is 0.126. The molecule has 0 fully saturated rings. The lowest BCUT2D eigenvalue weighted by molar-refractivity contribution is 0.607. The highest BCUT2D eigenvalue weighted by molar-refractivity contribution is 7.92. The first-order chi connectivity index (χ1) is 13.1. The third-order valence-electron chi connectivity index (χ3n) is 4.76. The van der Waals surface area contributed by atoms with Crippen LogP contribution in [0.25, 0.3) is 0 Å². The molecule has 146 valence electrons. The number of aryl methyl sites for hydroxylation is 2. The average molecular weight is 413 g/mol. The van der Waals surface area contributed by atoms with E-state index in [4.69, 9.17) is 12.2 Å². The summed E-state index contributed by atoms with van der Waals surface area (Å²) in [6.07, 6.45) is 1.14. The molecule has 6 heteroatoms. The van der Waals surface area contributed by atoms with Crippen LogP contribution < -0.4 is 4.72 Å². The largest absolute Gasteiger partial charge is 0.357 e. The number of aromatic amines is 1. The molecule has 1 aromatic heterocycles. The summed E-state index contributed by atoms with van der Waals surface area (Å²) in [6, 6.07) is 17.8. The van der Waals surface area contributed by atoms with E-state index in [9.17, 15) is 8.42 Å². The van der Waals surface area contributed by atoms with Crippen molar-refractivity contribution in [2.45, 2.75) is 26.7 Å². The average Bonchev–Trinajstić information content (AvgIpc) is 3.02. The fraction of sp³-hybridized carbons (Fsp3) is 0.227. The van der Waals surface area contributed by atoms with Crippen molar-refractivity contribution < 1.29 is 8.42 Å². The molecule has 0 aliphatic carbocycles. The zero-order chi connectivity index (χ0) is 20.5. The fourth-order valence-electron chi connectivity index (χ4n) is 3.14. The number of H-pyrrole nitrogens is 1. The van der Waals surface area contributed by atoms with Crippen LogP contribution in [0.4, 0.5) is 5.69 Å². The molecule has 1 unspecified atom stereocenters. The van der Waals surface area contributed by atoms with Crippen molar-refractivity contribution in [2.75, 3.05) is 11.0 Å². The second-order valence-electron chi connectivity index (χ2n) is 7.20. The van der Waals surface area contributed by atoms with Gasteiger partial charge in [-0.2, -0.15) is 0 Å². The monoisotopic (exact) mass is 412 g/mol. The minimum atomic E-state index is -3.27. The number of benzene rings is 2. The van der Waals surface area contributed by atoms with E-state index in [2.05, 4.69) is 60.8 Å². The zero-order valence-corrected chi connectivity index (χ0v) is 18.0. The van der Waals surface area contributed by atoms with Crippen LogP contribution in [0.1, 0.15) is 46.5 Å². The van der Waals surface area contributed by atoms with Crippen LogP contribution >= 0.6 is 12.2 Å². The molecule has 3 aromatic rings. The van der Waals surface area contributed by atoms with Gasteiger partial charge in [0.1, 0.15) is 0 Å². The van der Waals surface area contributed by atoms with Crippen LogP contribution in [0.15, 0.2) is 54.6 Å². The van der Waals surface area contributed by atoms with Gasteiger partial charge in [0.15, 0.2) is 0 Å². The molecule has 0 aliphatic heterocycles. The summed E-state index contributed by atoms with van der Waals surface area (Å²) in [6.45, 7) is 6.23. The minimum Gasteiger partial charge on any atom is -0.357 e. The molecule has 0 radical (unpaired) electrons. The molecule has 28 heavy (non-hydrogen) atoms. The molecule has 0 bridgehead atoms. The highest BCUT2D eigenvalue weighted by Crippen LogP contribution is 2.27. The van der Waals surface area contributed by atoms with E-state index < -0.39 is 10.0 Å². The van der Waals surface area contributed by atoms with Crippen molar-refractivity contribution >= 4 is 32.8 Å². The summed E-state index contributed by atoms with van der Waals surface area (Å²) in [5, 5.41) is 0. The summed E-state index contributed by atoms with van der Waals surface area (Å²) < 4.78 is 25.2. The molecule has 0 spiro atoms. The van der Waals surface area contributed by atoms with E-state index in [0.717, 1.165) is 39.2 Å². The first-order valence-corrected chi connectivity index (χ1v) is 11.3. The molecule has 1 atom stereocenters. The lowest BCUT2D eigenvalue weighted by atomic mass is 9.97. The highest BCUT2D eigenvalue weighted by Gasteiger charge is 2.16. The lowest BCUT2D eigenvalue weighted by Crippen LogP contribution is -2.09. The van der Waals surface area contributed by atoms with Crippen LogP contribution in [0, 0.1) is 13.8 Å². The summed E-state index contributed by atoms with van der Waals surface area (Å²) in [5.41, 5.74) is 7.04. The van der Waals surface area contributed by atoms with Crippen molar-refractivity contribution in [2.24, 2.45) is 0 Å². The Bertz CT molecular complexity index is 1100. The number of hydrogen-bond donors (Lipinski definition) is 2. The topological polar surface area (TPSA) is 62.0 Å². The first kappa shape index (κ1) is 20.3. The van der Waals surface area contributed by atoms with Crippen LogP contribution in [0.5, 0.6) is 0 Å². The summed E-state index contributed by atoms with van der Waals surface area (Å²) >= 11 is 5.71. The maximum Gasteiger partial charge on any atom is 0.229 e. The van der Waals surface area contributed by atoms with Gasteiger partial charge in [-0.05, 0) is 48.7 Å². The van der Waals surface area contributed by atoms with Gasteiger partial charge in [-0.3, -0.25) is 4.72 Å². The van der Waals surface area contributed by atoms with Crippen molar-refractivity contribution in [1.82, 2.24) is 4.98 Å². The normalized spacial score (nSPS) is 12.6. The molecule has 0 saturated carbocycles. The van der Waals surface area contributed by atoms with Gasteiger partial charge in [0, 0.05) is 17.3 Å². The molecule has 2 N–H and O–H groups in total. The highest BCUT2D eigenvalue weighted by atomic mass is 32.2. The maximum absolute atomic E-state index is 11.4. The Morgan fingerprint density at radius 1 is 1.04 bits per heavy atom. The number of thiocarbonyl (C=S) groups is 1. The summed E-state index contributed by atoms with van der Waals surface area (Å²) in [7, 11) is -3.27. The quantitative estimate of drug-likeness (QED) is 0.446. The third-order valence-corrected chi connectivity index (χ3v) is 5.80. The van der Waals surface area contributed by atoms with Crippen LogP contribution in [0.3, 0.4) is 0 Å². The summed E-state index contributed by atoms with van der Waals surface area (Å²) in [4.78, 5) is 4.30. The first-order valence-electron chi connectivity index (χ1n) is 9.02. The Hall–Kier alpha value is -2.44. The molecule has 0 saturated heterocycles. The van der Waals surface area contributed by atoms with Crippen molar-refractivity contribution in [1.29, 1.82) is 0 Å². The summed E-state index contributed by atoms with van der Waals surface area (Å²) in [5.74, 6) is 0.126. The second-order valence-corrected chi connectivity index (χ2v) is 9.35. The molecular formula is C22H24N2O2S2. The van der Waals surface area contributed by atoms with Gasteiger partial charge in [0.2, 0.25) is 10.0 Å². The van der Waals surface area contributed by atoms with Crippen molar-refractivity contribution in [3.8, 4) is 0 Å². The predicted molar refractivity (Wildman–Crippen MR) is 120 cm³/mol. The van der Waals surface area contributed by atoms with E-state index >= 15 is 0 Å². The Morgan fingerprint density at radius 2 is 1.64 bits per heavy atom. The number of rotatable bonds is 6. The Balaban J connectivity index is 1.83. The van der Waals surface area contributed by atoms with Gasteiger partial charge in [0.25, 0.3) is 0 Å². The SMILES string of the molecule is Cc1ccc(C(=S)c2[nH]c(C(C)c3ccc(NS(C)(=O)=O)cc3)cc2C)cc1. The van der Waals surface area contributed by atoms with E-state index in [0.29, 0.717) is 5.69 Å². The molecule has 1 heterocycles. The Labute approximate surface area is 172 Å². The fourth-order valence-corrected chi connectivity index (χ4v) is 4.05. The lowest BCUT2D eigenvalue weighted by Gasteiger charge is -2.12. The van der Waals surface area contributed by atoms with Gasteiger partial charge >= 0.3 is 0 Å². The Kier molecular flexibility index (Phi) is 5.72. The van der Waals surface area contributed by atoms with Gasteiger partial charge in [-0.1, -0.05) is 61.1 Å². The molecule has 0 aliphatic rings. The van der Waals surface area contributed by atoms with Gasteiger partial charge in [-0.15, -0.1) is 0 Å². The van der Waals surface area contributed by atoms with E-state index in [1.807, 2.05) is 12.1 Å². The molecule has 0 amide bonds. The standard InChI is InChI=1S/C22H24N2O2S2/c1-14-5-7-18(8-6-14)22(27)21-15(2)13-20(23-21)16(3)17-9-11-19(12-10-17)24-28(4,25)26/h5-13,16,23-24H,1-4H3. The van der Waals surface area contributed by atoms with Gasteiger partial charge < -0.3 is 4.98 Å². The van der Waals surface area contributed by atoms with Crippen molar-refractivity contribution in [3.63, 3.8) is 0 Å². The molecule has 2 aromatic carbocycles. The third kappa shape index (κ3) is 4.69. The number of hydrogen-bond acceptors (Lipinski definition) is 3. The van der Waals surface area contributed by atoms with Crippen LogP contribution in [-0.4, -0.2) is 24.5 Å². The zero-order valence-electron chi connectivity index (χ0n) is 16.4. The maximum atomic E-state index is 11.4. The van der Waals surface area contributed by atoms with Crippen LogP contribution in [0.2, 0.25) is 0 Å². The van der Waals surface area contributed by atoms with E-state index in [1.165, 1.54) is 5.56 Å². The number of anilines is 1. The van der Waals surface area contributed by atoms with E-state index in [1.54, 1.807) is 12.1 Å². The van der Waals surface area contributed by atoms with Gasteiger partial charge in [0.05, 0.1) is 16.8 Å². The van der Waals surface area contributed by atoms with Crippen molar-refractivity contribution in [3.05, 3.63) is 88.2 Å². The van der Waals surface area contributed by atoms with E-state index in [-0.39, 0.29) is 5.92 Å². The molecule has 4 nitrogen and oxygen atoms in total. The van der Waals surface area contributed by atoms with Gasteiger partial charge in [-0.25, -0.2) is 8.42 Å². The Morgan fingerprint density at radius 3 is 2.21 bits per heavy atom. The van der Waals surface area contributed by atoms with Crippen LogP contribution in [-0.2, 0) is 10.0 Å².